The number of ether oxygens (including phenoxy) is 3. The van der Waals surface area contributed by atoms with E-state index in [9.17, 15) is 19.7 Å². The molecule has 3 rings (SSSR count). The van der Waals surface area contributed by atoms with E-state index in [1.54, 1.807) is 18.2 Å². The number of carbonyl (C=O) groups excluding carboxylic acids is 2. The molecule has 0 aliphatic carbocycles. The molecule has 0 aromatic heterocycles. The monoisotopic (exact) mass is 372 g/mol. The van der Waals surface area contributed by atoms with E-state index in [1.165, 1.54) is 25.1 Å². The van der Waals surface area contributed by atoms with Crippen LogP contribution in [0.5, 0.6) is 11.5 Å². The summed E-state index contributed by atoms with van der Waals surface area (Å²) in [6.07, 6.45) is 0. The van der Waals surface area contributed by atoms with Crippen LogP contribution in [-0.2, 0) is 9.53 Å². The van der Waals surface area contributed by atoms with Crippen LogP contribution >= 0.6 is 0 Å². The van der Waals surface area contributed by atoms with Gasteiger partial charge < -0.3 is 19.5 Å². The summed E-state index contributed by atoms with van der Waals surface area (Å²) < 4.78 is 15.7. The highest BCUT2D eigenvalue weighted by Crippen LogP contribution is 2.32. The van der Waals surface area contributed by atoms with Crippen molar-refractivity contribution in [2.75, 3.05) is 25.1 Å². The predicted molar refractivity (Wildman–Crippen MR) is 94.2 cm³/mol. The number of benzene rings is 2. The third-order valence-electron chi connectivity index (χ3n) is 3.80. The normalized spacial score (nSPS) is 12.2. The predicted octanol–water partition coefficient (Wildman–Crippen LogP) is 2.47. The number of rotatable bonds is 5. The van der Waals surface area contributed by atoms with Gasteiger partial charge in [-0.25, -0.2) is 4.79 Å². The zero-order valence-corrected chi connectivity index (χ0v) is 14.4. The Balaban J connectivity index is 1.62. The zero-order valence-electron chi connectivity index (χ0n) is 14.4. The molecule has 0 saturated carbocycles. The molecule has 2 aromatic carbocycles. The summed E-state index contributed by atoms with van der Waals surface area (Å²) in [5.41, 5.74) is 0.235. The number of carbonyl (C=O) groups is 2. The molecule has 2 aromatic rings. The highest BCUT2D eigenvalue weighted by molar-refractivity contribution is 5.98. The van der Waals surface area contributed by atoms with Gasteiger partial charge in [0.1, 0.15) is 18.8 Å². The first-order valence-electron chi connectivity index (χ1n) is 8.06. The molecule has 0 atom stereocenters. The van der Waals surface area contributed by atoms with Crippen LogP contribution in [0, 0.1) is 17.0 Å². The second kappa shape index (κ2) is 7.73. The van der Waals surface area contributed by atoms with Crippen molar-refractivity contribution in [1.29, 1.82) is 0 Å². The molecule has 0 bridgehead atoms. The van der Waals surface area contributed by atoms with Crippen LogP contribution in [0.3, 0.4) is 0 Å². The third-order valence-corrected chi connectivity index (χ3v) is 3.80. The van der Waals surface area contributed by atoms with Crippen LogP contribution < -0.4 is 14.8 Å². The molecule has 0 fully saturated rings. The Labute approximate surface area is 154 Å². The Morgan fingerprint density at radius 2 is 1.93 bits per heavy atom. The topological polar surface area (TPSA) is 117 Å². The fraction of sp³-hybridized carbons (Fsp3) is 0.222. The Morgan fingerprint density at radius 1 is 1.19 bits per heavy atom. The molecule has 1 amide bonds. The number of esters is 1. The quantitative estimate of drug-likeness (QED) is 0.487. The average Bonchev–Trinajstić information content (AvgIpc) is 2.65. The molecule has 1 N–H and O–H groups in total. The number of para-hydroxylation sites is 1. The van der Waals surface area contributed by atoms with Crippen LogP contribution in [0.25, 0.3) is 0 Å². The minimum Gasteiger partial charge on any atom is -0.486 e. The Hall–Kier alpha value is -3.62. The van der Waals surface area contributed by atoms with Gasteiger partial charge in [0.2, 0.25) is 0 Å². The first-order valence-corrected chi connectivity index (χ1v) is 8.06. The summed E-state index contributed by atoms with van der Waals surface area (Å²) in [5, 5.41) is 13.7. The number of nitro benzene ring substituents is 1. The number of nitrogens with one attached hydrogen (secondary N) is 1. The van der Waals surface area contributed by atoms with E-state index in [-0.39, 0.29) is 11.3 Å². The van der Waals surface area contributed by atoms with Crippen molar-refractivity contribution in [2.24, 2.45) is 0 Å². The molecule has 1 heterocycles. The summed E-state index contributed by atoms with van der Waals surface area (Å²) in [6.45, 7) is 1.80. The van der Waals surface area contributed by atoms with Gasteiger partial charge in [0.05, 0.1) is 4.92 Å². The first kappa shape index (κ1) is 18.2. The molecule has 140 valence electrons. The van der Waals surface area contributed by atoms with Gasteiger partial charge in [-0.2, -0.15) is 0 Å². The number of fused-ring (bicyclic) bond motifs is 1. The van der Waals surface area contributed by atoms with Gasteiger partial charge in [0.25, 0.3) is 11.6 Å². The van der Waals surface area contributed by atoms with Gasteiger partial charge in [-0.05, 0) is 25.1 Å². The van der Waals surface area contributed by atoms with Crippen LogP contribution in [0.1, 0.15) is 15.9 Å². The molecule has 0 radical (unpaired) electrons. The summed E-state index contributed by atoms with van der Waals surface area (Å²) >= 11 is 0. The molecule has 0 saturated heterocycles. The molecule has 27 heavy (non-hydrogen) atoms. The van der Waals surface area contributed by atoms with E-state index in [2.05, 4.69) is 5.32 Å². The van der Waals surface area contributed by atoms with Gasteiger partial charge in [-0.3, -0.25) is 14.9 Å². The number of hydrogen-bond acceptors (Lipinski definition) is 7. The molecule has 0 unspecified atom stereocenters. The number of aryl methyl sites for hydroxylation is 1. The second-order valence-electron chi connectivity index (χ2n) is 5.71. The van der Waals surface area contributed by atoms with Crippen LogP contribution in [0.2, 0.25) is 0 Å². The summed E-state index contributed by atoms with van der Waals surface area (Å²) in [6, 6.07) is 9.19. The SMILES string of the molecule is Cc1cccc(C(=O)OCC(=O)Nc2ccc3c(c2)OCCO3)c1[N+](=O)[O-]. The van der Waals surface area contributed by atoms with E-state index in [4.69, 9.17) is 14.2 Å². The van der Waals surface area contributed by atoms with Crippen LogP contribution in [0.15, 0.2) is 36.4 Å². The number of amides is 1. The second-order valence-corrected chi connectivity index (χ2v) is 5.71. The van der Waals surface area contributed by atoms with E-state index >= 15 is 0 Å². The average molecular weight is 372 g/mol. The number of nitro groups is 1. The maximum Gasteiger partial charge on any atom is 0.345 e. The minimum absolute atomic E-state index is 0.202. The maximum atomic E-state index is 12.1. The Bertz CT molecular complexity index is 911. The summed E-state index contributed by atoms with van der Waals surface area (Å²) in [7, 11) is 0. The van der Waals surface area contributed by atoms with Gasteiger partial charge in [0, 0.05) is 17.3 Å². The summed E-state index contributed by atoms with van der Waals surface area (Å²) in [4.78, 5) is 34.6. The highest BCUT2D eigenvalue weighted by Gasteiger charge is 2.24. The van der Waals surface area contributed by atoms with Crippen molar-refractivity contribution in [1.82, 2.24) is 0 Å². The van der Waals surface area contributed by atoms with E-state index in [1.807, 2.05) is 0 Å². The fourth-order valence-corrected chi connectivity index (χ4v) is 2.59. The lowest BCUT2D eigenvalue weighted by molar-refractivity contribution is -0.385. The minimum atomic E-state index is -0.942. The van der Waals surface area contributed by atoms with E-state index in [0.29, 0.717) is 36.0 Å². The van der Waals surface area contributed by atoms with Crippen molar-refractivity contribution in [3.05, 3.63) is 57.6 Å². The zero-order chi connectivity index (χ0) is 19.4. The van der Waals surface area contributed by atoms with Crippen molar-refractivity contribution in [3.8, 4) is 11.5 Å². The molecular weight excluding hydrogens is 356 g/mol. The van der Waals surface area contributed by atoms with Crippen molar-refractivity contribution in [2.45, 2.75) is 6.92 Å². The number of hydrogen-bond donors (Lipinski definition) is 1. The van der Waals surface area contributed by atoms with Gasteiger partial charge in [-0.1, -0.05) is 12.1 Å². The molecule has 1 aliphatic rings. The molecule has 1 aliphatic heterocycles. The van der Waals surface area contributed by atoms with Crippen molar-refractivity contribution >= 4 is 23.3 Å². The molecule has 0 spiro atoms. The van der Waals surface area contributed by atoms with Crippen molar-refractivity contribution < 1.29 is 28.7 Å². The van der Waals surface area contributed by atoms with Crippen molar-refractivity contribution in [3.63, 3.8) is 0 Å². The van der Waals surface area contributed by atoms with Gasteiger partial charge in [0.15, 0.2) is 18.1 Å². The number of nitrogens with zero attached hydrogens (tertiary/aromatic N) is 1. The summed E-state index contributed by atoms with van der Waals surface area (Å²) in [5.74, 6) is -0.443. The Kier molecular flexibility index (Phi) is 5.20. The lowest BCUT2D eigenvalue weighted by Crippen LogP contribution is -2.22. The van der Waals surface area contributed by atoms with E-state index in [0.717, 1.165) is 0 Å². The van der Waals surface area contributed by atoms with Crippen LogP contribution in [0.4, 0.5) is 11.4 Å². The smallest absolute Gasteiger partial charge is 0.345 e. The third kappa shape index (κ3) is 4.14. The van der Waals surface area contributed by atoms with E-state index < -0.39 is 23.4 Å². The molecule has 9 nitrogen and oxygen atoms in total. The molecule has 9 heteroatoms. The Morgan fingerprint density at radius 3 is 2.67 bits per heavy atom. The maximum absolute atomic E-state index is 12.1. The lowest BCUT2D eigenvalue weighted by Gasteiger charge is -2.19. The number of anilines is 1. The lowest BCUT2D eigenvalue weighted by atomic mass is 10.1. The van der Waals surface area contributed by atoms with Gasteiger partial charge in [-0.15, -0.1) is 0 Å². The standard InChI is InChI=1S/C18H16N2O7/c1-11-3-2-4-13(17(11)20(23)24)18(22)27-10-16(21)19-12-5-6-14-15(9-12)26-8-7-25-14/h2-6,9H,7-8,10H2,1H3,(H,19,21). The molecular formula is C18H16N2O7. The first-order chi connectivity index (χ1) is 13.0. The van der Waals surface area contributed by atoms with Crippen LogP contribution in [-0.4, -0.2) is 36.6 Å². The highest BCUT2D eigenvalue weighted by atomic mass is 16.6. The fourth-order valence-electron chi connectivity index (χ4n) is 2.59. The van der Waals surface area contributed by atoms with Gasteiger partial charge >= 0.3 is 5.97 Å². The largest absolute Gasteiger partial charge is 0.486 e.